The summed E-state index contributed by atoms with van der Waals surface area (Å²) in [7, 11) is -0.743. The van der Waals surface area contributed by atoms with Crippen molar-refractivity contribution in [3.05, 3.63) is 0 Å². The van der Waals surface area contributed by atoms with Gasteiger partial charge in [-0.25, -0.2) is 4.79 Å². The summed E-state index contributed by atoms with van der Waals surface area (Å²) in [5.41, 5.74) is -1.03. The zero-order valence-corrected chi connectivity index (χ0v) is 15.7. The van der Waals surface area contributed by atoms with Crippen molar-refractivity contribution in [2.75, 3.05) is 13.7 Å². The third-order valence-corrected chi connectivity index (χ3v) is 9.41. The summed E-state index contributed by atoms with van der Waals surface area (Å²) in [5, 5.41) is 20.4. The lowest BCUT2D eigenvalue weighted by Crippen LogP contribution is -2.48. The van der Waals surface area contributed by atoms with E-state index in [1.54, 1.807) is 6.92 Å². The van der Waals surface area contributed by atoms with Crippen LogP contribution in [0.1, 0.15) is 34.1 Å². The molecule has 0 aromatic rings. The summed E-state index contributed by atoms with van der Waals surface area (Å²) in [6.07, 6.45) is -2.81. The van der Waals surface area contributed by atoms with Crippen LogP contribution < -0.4 is 0 Å². The second kappa shape index (κ2) is 6.57. The summed E-state index contributed by atoms with van der Waals surface area (Å²) in [4.78, 5) is 11.6. The molecule has 0 bridgehead atoms. The van der Waals surface area contributed by atoms with E-state index >= 15 is 0 Å². The molecule has 1 aliphatic heterocycles. The highest BCUT2D eigenvalue weighted by atomic mass is 28.4. The molecule has 4 atom stereocenters. The predicted molar refractivity (Wildman–Crippen MR) is 85.1 cm³/mol. The maximum absolute atomic E-state index is 11.6. The molecular formula is C15H30O6Si. The lowest BCUT2D eigenvalue weighted by molar-refractivity contribution is -0.169. The number of hydrogen-bond acceptors (Lipinski definition) is 6. The number of aliphatic hydroxyl groups is 2. The van der Waals surface area contributed by atoms with Crippen molar-refractivity contribution in [1.82, 2.24) is 0 Å². The normalized spacial score (nSPS) is 31.1. The van der Waals surface area contributed by atoms with Gasteiger partial charge in [0.25, 0.3) is 0 Å². The third-order valence-electron chi connectivity index (χ3n) is 4.91. The Morgan fingerprint density at radius 1 is 1.45 bits per heavy atom. The van der Waals surface area contributed by atoms with Gasteiger partial charge in [0, 0.05) is 6.42 Å². The van der Waals surface area contributed by atoms with Crippen LogP contribution in [0, 0.1) is 0 Å². The Hall–Kier alpha value is -0.473. The minimum Gasteiger partial charge on any atom is -0.467 e. The van der Waals surface area contributed by atoms with E-state index in [1.165, 1.54) is 7.11 Å². The maximum atomic E-state index is 11.6. The van der Waals surface area contributed by atoms with E-state index in [2.05, 4.69) is 38.6 Å². The number of hydrogen-bond donors (Lipinski definition) is 2. The molecule has 7 heteroatoms. The quantitative estimate of drug-likeness (QED) is 0.585. The average molecular weight is 334 g/mol. The second-order valence-electron chi connectivity index (χ2n) is 7.73. The van der Waals surface area contributed by atoms with Gasteiger partial charge in [-0.1, -0.05) is 20.8 Å². The molecule has 0 spiro atoms. The fourth-order valence-corrected chi connectivity index (χ4v) is 3.16. The molecule has 0 aromatic carbocycles. The molecule has 1 heterocycles. The van der Waals surface area contributed by atoms with Crippen molar-refractivity contribution in [3.8, 4) is 0 Å². The smallest absolute Gasteiger partial charge is 0.337 e. The minimum atomic E-state index is -1.98. The molecule has 130 valence electrons. The highest BCUT2D eigenvalue weighted by Crippen LogP contribution is 2.38. The monoisotopic (exact) mass is 334 g/mol. The van der Waals surface area contributed by atoms with E-state index < -0.39 is 38.2 Å². The SMILES string of the molecule is COC(=O)[C@H]1O[C@@](C)([C@@H](O)CO[Si](C)(C)C(C)(C)C)C[C@H]1O. The van der Waals surface area contributed by atoms with E-state index in [1.807, 2.05) is 0 Å². The van der Waals surface area contributed by atoms with E-state index in [0.717, 1.165) is 0 Å². The molecule has 6 nitrogen and oxygen atoms in total. The number of esters is 1. The predicted octanol–water partition coefficient (Wildman–Crippen LogP) is 1.45. The number of aliphatic hydroxyl groups excluding tert-OH is 2. The molecule has 22 heavy (non-hydrogen) atoms. The van der Waals surface area contributed by atoms with Gasteiger partial charge in [-0.15, -0.1) is 0 Å². The third kappa shape index (κ3) is 4.08. The summed E-state index contributed by atoms with van der Waals surface area (Å²) in [6.45, 7) is 12.4. The van der Waals surface area contributed by atoms with Crippen LogP contribution in [0.25, 0.3) is 0 Å². The first-order valence-corrected chi connectivity index (χ1v) is 10.5. The zero-order valence-electron chi connectivity index (χ0n) is 14.7. The first-order chi connectivity index (χ1) is 9.84. The number of rotatable bonds is 5. The van der Waals surface area contributed by atoms with Crippen LogP contribution in [-0.4, -0.2) is 62.1 Å². The Kier molecular flexibility index (Phi) is 5.84. The Balaban J connectivity index is 2.70. The van der Waals surface area contributed by atoms with E-state index in [0.29, 0.717) is 0 Å². The highest BCUT2D eigenvalue weighted by molar-refractivity contribution is 6.74. The Bertz CT molecular complexity index is 405. The summed E-state index contributed by atoms with van der Waals surface area (Å²) >= 11 is 0. The first-order valence-electron chi connectivity index (χ1n) is 7.60. The van der Waals surface area contributed by atoms with E-state index in [9.17, 15) is 15.0 Å². The number of methoxy groups -OCH3 is 1. The van der Waals surface area contributed by atoms with Crippen molar-refractivity contribution in [2.24, 2.45) is 0 Å². The van der Waals surface area contributed by atoms with Crippen molar-refractivity contribution in [1.29, 1.82) is 0 Å². The van der Waals surface area contributed by atoms with Crippen LogP contribution in [-0.2, 0) is 18.7 Å². The molecular weight excluding hydrogens is 304 g/mol. The molecule has 0 radical (unpaired) electrons. The molecule has 1 saturated heterocycles. The molecule has 0 saturated carbocycles. The molecule has 0 amide bonds. The largest absolute Gasteiger partial charge is 0.467 e. The first kappa shape index (κ1) is 19.6. The van der Waals surface area contributed by atoms with Crippen molar-refractivity contribution in [2.45, 2.75) is 76.2 Å². The van der Waals surface area contributed by atoms with Crippen LogP contribution in [0.15, 0.2) is 0 Å². The lowest BCUT2D eigenvalue weighted by atomic mass is 9.94. The Labute approximate surface area is 133 Å². The topological polar surface area (TPSA) is 85.2 Å². The van der Waals surface area contributed by atoms with Crippen LogP contribution in [0.4, 0.5) is 0 Å². The van der Waals surface area contributed by atoms with E-state index in [-0.39, 0.29) is 18.1 Å². The van der Waals surface area contributed by atoms with Gasteiger partial charge in [-0.05, 0) is 25.1 Å². The summed E-state index contributed by atoms with van der Waals surface area (Å²) < 4.78 is 16.2. The van der Waals surface area contributed by atoms with Gasteiger partial charge in [0.2, 0.25) is 0 Å². The average Bonchev–Trinajstić information content (AvgIpc) is 2.70. The van der Waals surface area contributed by atoms with Crippen LogP contribution in [0.5, 0.6) is 0 Å². The molecule has 1 aliphatic rings. The van der Waals surface area contributed by atoms with Gasteiger partial charge in [-0.2, -0.15) is 0 Å². The number of carbonyl (C=O) groups is 1. The molecule has 0 unspecified atom stereocenters. The Morgan fingerprint density at radius 2 is 2.00 bits per heavy atom. The van der Waals surface area contributed by atoms with Crippen molar-refractivity contribution >= 4 is 14.3 Å². The van der Waals surface area contributed by atoms with Crippen LogP contribution in [0.3, 0.4) is 0 Å². The fourth-order valence-electron chi connectivity index (χ4n) is 2.15. The number of carbonyl (C=O) groups excluding carboxylic acids is 1. The lowest BCUT2D eigenvalue weighted by Gasteiger charge is -2.38. The van der Waals surface area contributed by atoms with Gasteiger partial charge >= 0.3 is 5.97 Å². The molecule has 1 fully saturated rings. The number of ether oxygens (including phenoxy) is 2. The molecule has 0 aromatic heterocycles. The van der Waals surface area contributed by atoms with Crippen molar-refractivity contribution < 1.29 is 28.9 Å². The Morgan fingerprint density at radius 3 is 2.45 bits per heavy atom. The van der Waals surface area contributed by atoms with E-state index in [4.69, 9.17) is 9.16 Å². The van der Waals surface area contributed by atoms with Gasteiger partial charge in [-0.3, -0.25) is 0 Å². The minimum absolute atomic E-state index is 0.0399. The standard InChI is InChI=1S/C15H30O6Si/c1-14(2,3)22(6,7)20-9-11(17)15(4)8-10(16)12(21-15)13(18)19-5/h10-12,16-17H,8-9H2,1-7H3/t10-,11+,12+,15-/m1/s1. The molecule has 2 N–H and O–H groups in total. The zero-order chi connectivity index (χ0) is 17.3. The fraction of sp³-hybridized carbons (Fsp3) is 0.933. The van der Waals surface area contributed by atoms with Crippen molar-refractivity contribution in [3.63, 3.8) is 0 Å². The van der Waals surface area contributed by atoms with Crippen LogP contribution in [0.2, 0.25) is 18.1 Å². The summed E-state index contributed by atoms with van der Waals surface area (Å²) in [5.74, 6) is -0.631. The van der Waals surface area contributed by atoms with Gasteiger partial charge < -0.3 is 24.1 Å². The summed E-state index contributed by atoms with van der Waals surface area (Å²) in [6, 6.07) is 0. The molecule has 0 aliphatic carbocycles. The second-order valence-corrected chi connectivity index (χ2v) is 12.5. The van der Waals surface area contributed by atoms with Gasteiger partial charge in [0.05, 0.1) is 25.4 Å². The van der Waals surface area contributed by atoms with Crippen LogP contribution >= 0.6 is 0 Å². The van der Waals surface area contributed by atoms with Gasteiger partial charge in [0.15, 0.2) is 14.4 Å². The molecule has 1 rings (SSSR count). The van der Waals surface area contributed by atoms with Gasteiger partial charge in [0.1, 0.15) is 6.10 Å². The maximum Gasteiger partial charge on any atom is 0.337 e. The highest BCUT2D eigenvalue weighted by Gasteiger charge is 2.51.